The number of halogens is 1. The van der Waals surface area contributed by atoms with Crippen LogP contribution in [0, 0.1) is 0 Å². The van der Waals surface area contributed by atoms with E-state index in [-0.39, 0.29) is 5.54 Å². The van der Waals surface area contributed by atoms with Gasteiger partial charge in [-0.05, 0) is 42.8 Å². The number of nitrogens with one attached hydrogen (secondary N) is 1. The van der Waals surface area contributed by atoms with E-state index in [0.29, 0.717) is 0 Å². The number of aromatic nitrogens is 2. The predicted molar refractivity (Wildman–Crippen MR) is 82.4 cm³/mol. The summed E-state index contributed by atoms with van der Waals surface area (Å²) in [6.45, 7) is 7.44. The fraction of sp³-hybridized carbons (Fsp3) is 0.500. The van der Waals surface area contributed by atoms with E-state index in [1.807, 2.05) is 0 Å². The van der Waals surface area contributed by atoms with E-state index in [0.717, 1.165) is 32.3 Å². The van der Waals surface area contributed by atoms with Crippen molar-refractivity contribution in [1.82, 2.24) is 15.5 Å². The van der Waals surface area contributed by atoms with E-state index in [1.54, 1.807) is 22.7 Å². The molecule has 98 valence electrons. The van der Waals surface area contributed by atoms with E-state index in [9.17, 15) is 0 Å². The molecule has 0 atom stereocenters. The standard InChI is InChI=1S/C12H16BrN3S2/c1-12(2,3)14-5-4-10-15-16-11(18-10)8-6-9(13)17-7-8/h6-7,14H,4-5H2,1-3H3. The first kappa shape index (κ1) is 14.1. The van der Waals surface area contributed by atoms with E-state index in [2.05, 4.69) is 63.7 Å². The van der Waals surface area contributed by atoms with Crippen LogP contribution in [0.25, 0.3) is 10.6 Å². The van der Waals surface area contributed by atoms with Gasteiger partial charge in [0.15, 0.2) is 0 Å². The number of hydrogen-bond acceptors (Lipinski definition) is 5. The van der Waals surface area contributed by atoms with Gasteiger partial charge in [-0.15, -0.1) is 21.5 Å². The summed E-state index contributed by atoms with van der Waals surface area (Å²) in [7, 11) is 0. The minimum Gasteiger partial charge on any atom is -0.312 e. The van der Waals surface area contributed by atoms with Crippen LogP contribution in [0.1, 0.15) is 25.8 Å². The first-order chi connectivity index (χ1) is 8.44. The highest BCUT2D eigenvalue weighted by atomic mass is 79.9. The topological polar surface area (TPSA) is 37.8 Å². The van der Waals surface area contributed by atoms with Crippen molar-refractivity contribution in [2.45, 2.75) is 32.7 Å². The average Bonchev–Trinajstić information content (AvgIpc) is 2.85. The molecule has 0 amide bonds. The molecule has 0 fully saturated rings. The molecule has 2 rings (SSSR count). The third-order valence-corrected chi connectivity index (χ3v) is 4.81. The molecular weight excluding hydrogens is 330 g/mol. The Morgan fingerprint density at radius 1 is 1.33 bits per heavy atom. The molecule has 2 aromatic heterocycles. The quantitative estimate of drug-likeness (QED) is 0.911. The van der Waals surface area contributed by atoms with Crippen molar-refractivity contribution in [3.05, 3.63) is 20.2 Å². The summed E-state index contributed by atoms with van der Waals surface area (Å²) >= 11 is 6.81. The van der Waals surface area contributed by atoms with Crippen LogP contribution in [0.15, 0.2) is 15.2 Å². The van der Waals surface area contributed by atoms with Crippen LogP contribution in [0.5, 0.6) is 0 Å². The van der Waals surface area contributed by atoms with Crippen molar-refractivity contribution < 1.29 is 0 Å². The summed E-state index contributed by atoms with van der Waals surface area (Å²) in [5.74, 6) is 0. The van der Waals surface area contributed by atoms with Crippen LogP contribution in [-0.2, 0) is 6.42 Å². The molecule has 0 aromatic carbocycles. The van der Waals surface area contributed by atoms with Crippen molar-refractivity contribution >= 4 is 38.6 Å². The van der Waals surface area contributed by atoms with Crippen LogP contribution in [0.3, 0.4) is 0 Å². The Hall–Kier alpha value is -0.300. The lowest BCUT2D eigenvalue weighted by molar-refractivity contribution is 0.429. The Kier molecular flexibility index (Phi) is 4.53. The molecule has 2 heterocycles. The molecule has 6 heteroatoms. The number of thiophene rings is 1. The van der Waals surface area contributed by atoms with E-state index in [4.69, 9.17) is 0 Å². The zero-order chi connectivity index (χ0) is 13.2. The van der Waals surface area contributed by atoms with Gasteiger partial charge in [0.25, 0.3) is 0 Å². The molecule has 2 aromatic rings. The predicted octanol–water partition coefficient (Wildman–Crippen LogP) is 3.96. The molecule has 0 saturated carbocycles. The van der Waals surface area contributed by atoms with Gasteiger partial charge in [0.2, 0.25) is 0 Å². The van der Waals surface area contributed by atoms with Crippen molar-refractivity contribution in [2.24, 2.45) is 0 Å². The summed E-state index contributed by atoms with van der Waals surface area (Å²) in [4.78, 5) is 0. The van der Waals surface area contributed by atoms with Gasteiger partial charge in [-0.1, -0.05) is 11.3 Å². The van der Waals surface area contributed by atoms with E-state index < -0.39 is 0 Å². The number of rotatable bonds is 4. The Morgan fingerprint density at radius 3 is 2.72 bits per heavy atom. The smallest absolute Gasteiger partial charge is 0.148 e. The molecule has 0 radical (unpaired) electrons. The molecule has 3 nitrogen and oxygen atoms in total. The molecule has 0 spiro atoms. The van der Waals surface area contributed by atoms with Crippen LogP contribution in [-0.4, -0.2) is 22.3 Å². The second-order valence-electron chi connectivity index (χ2n) is 5.07. The Bertz CT molecular complexity index is 513. The first-order valence-electron chi connectivity index (χ1n) is 5.76. The maximum Gasteiger partial charge on any atom is 0.148 e. The summed E-state index contributed by atoms with van der Waals surface area (Å²) in [5, 5.41) is 16.1. The SMILES string of the molecule is CC(C)(C)NCCc1nnc(-c2csc(Br)c2)s1. The van der Waals surface area contributed by atoms with E-state index >= 15 is 0 Å². The van der Waals surface area contributed by atoms with Crippen LogP contribution in [0.4, 0.5) is 0 Å². The van der Waals surface area contributed by atoms with Crippen molar-refractivity contribution in [1.29, 1.82) is 0 Å². The summed E-state index contributed by atoms with van der Waals surface area (Å²) in [5.41, 5.74) is 1.31. The average molecular weight is 346 g/mol. The molecule has 0 bridgehead atoms. The molecule has 0 aliphatic carbocycles. The fourth-order valence-electron chi connectivity index (χ4n) is 1.44. The molecule has 0 saturated heterocycles. The molecule has 1 N–H and O–H groups in total. The maximum absolute atomic E-state index is 4.24. The van der Waals surface area contributed by atoms with Gasteiger partial charge in [-0.25, -0.2) is 0 Å². The normalized spacial score (nSPS) is 12.0. The lowest BCUT2D eigenvalue weighted by atomic mass is 10.1. The zero-order valence-electron chi connectivity index (χ0n) is 10.7. The van der Waals surface area contributed by atoms with Crippen LogP contribution >= 0.6 is 38.6 Å². The highest BCUT2D eigenvalue weighted by Gasteiger charge is 2.11. The molecular formula is C12H16BrN3S2. The second-order valence-corrected chi connectivity index (χ2v) is 8.42. The Balaban J connectivity index is 1.94. The highest BCUT2D eigenvalue weighted by Crippen LogP contribution is 2.30. The largest absolute Gasteiger partial charge is 0.312 e. The molecule has 0 aliphatic heterocycles. The minimum atomic E-state index is 0.158. The highest BCUT2D eigenvalue weighted by molar-refractivity contribution is 9.11. The Labute approximate surface area is 124 Å². The van der Waals surface area contributed by atoms with Gasteiger partial charge in [-0.3, -0.25) is 0 Å². The first-order valence-corrected chi connectivity index (χ1v) is 8.25. The fourth-order valence-corrected chi connectivity index (χ4v) is 3.48. The third kappa shape index (κ3) is 4.12. The Morgan fingerprint density at radius 2 is 2.11 bits per heavy atom. The lowest BCUT2D eigenvalue weighted by Crippen LogP contribution is -2.37. The van der Waals surface area contributed by atoms with Gasteiger partial charge in [0, 0.05) is 29.4 Å². The molecule has 0 aliphatic rings. The third-order valence-electron chi connectivity index (χ3n) is 2.28. The molecule has 18 heavy (non-hydrogen) atoms. The van der Waals surface area contributed by atoms with Crippen molar-refractivity contribution in [3.63, 3.8) is 0 Å². The lowest BCUT2D eigenvalue weighted by Gasteiger charge is -2.19. The van der Waals surface area contributed by atoms with Crippen molar-refractivity contribution in [3.8, 4) is 10.6 Å². The van der Waals surface area contributed by atoms with Gasteiger partial charge in [0.1, 0.15) is 10.0 Å². The van der Waals surface area contributed by atoms with Gasteiger partial charge >= 0.3 is 0 Å². The van der Waals surface area contributed by atoms with Crippen LogP contribution in [0.2, 0.25) is 0 Å². The van der Waals surface area contributed by atoms with E-state index in [1.165, 1.54) is 0 Å². The number of hydrogen-bond donors (Lipinski definition) is 1. The molecule has 0 unspecified atom stereocenters. The number of nitrogens with zero attached hydrogens (tertiary/aromatic N) is 2. The summed E-state index contributed by atoms with van der Waals surface area (Å²) in [6.07, 6.45) is 0.931. The van der Waals surface area contributed by atoms with Crippen LogP contribution < -0.4 is 5.32 Å². The zero-order valence-corrected chi connectivity index (χ0v) is 13.9. The second kappa shape index (κ2) is 5.77. The van der Waals surface area contributed by atoms with Gasteiger partial charge in [0.05, 0.1) is 3.79 Å². The minimum absolute atomic E-state index is 0.158. The summed E-state index contributed by atoms with van der Waals surface area (Å²) < 4.78 is 1.13. The maximum atomic E-state index is 4.24. The summed E-state index contributed by atoms with van der Waals surface area (Å²) in [6, 6.07) is 2.09. The van der Waals surface area contributed by atoms with Crippen molar-refractivity contribution in [2.75, 3.05) is 6.54 Å². The van der Waals surface area contributed by atoms with Gasteiger partial charge < -0.3 is 5.32 Å². The van der Waals surface area contributed by atoms with Gasteiger partial charge in [-0.2, -0.15) is 0 Å². The monoisotopic (exact) mass is 345 g/mol.